The predicted molar refractivity (Wildman–Crippen MR) is 91.8 cm³/mol. The van der Waals surface area contributed by atoms with E-state index in [2.05, 4.69) is 5.10 Å². The Morgan fingerprint density at radius 3 is 2.40 bits per heavy atom. The highest BCUT2D eigenvalue weighted by Crippen LogP contribution is 2.30. The molecule has 3 aromatic rings. The number of carbonyl (C=O) groups excluding carboxylic acids is 1. The van der Waals surface area contributed by atoms with E-state index in [1.807, 2.05) is 12.1 Å². The van der Waals surface area contributed by atoms with Crippen molar-refractivity contribution in [2.75, 3.05) is 21.3 Å². The lowest BCUT2D eigenvalue weighted by Crippen LogP contribution is -2.09. The maximum absolute atomic E-state index is 12.5. The molecule has 0 aliphatic carbocycles. The monoisotopic (exact) mass is 342 g/mol. The summed E-state index contributed by atoms with van der Waals surface area (Å²) in [6.45, 7) is 0. The second kappa shape index (κ2) is 6.72. The van der Waals surface area contributed by atoms with E-state index in [9.17, 15) is 4.79 Å². The van der Waals surface area contributed by atoms with Crippen molar-refractivity contribution in [3.8, 4) is 23.1 Å². The first-order chi connectivity index (χ1) is 12.1. The highest BCUT2D eigenvalue weighted by atomic mass is 16.5. The van der Waals surface area contributed by atoms with E-state index in [-0.39, 0.29) is 5.88 Å². The summed E-state index contributed by atoms with van der Waals surface area (Å²) < 4.78 is 22.7. The van der Waals surface area contributed by atoms with E-state index in [0.29, 0.717) is 28.2 Å². The maximum Gasteiger partial charge on any atom is 0.345 e. The zero-order valence-corrected chi connectivity index (χ0v) is 14.4. The third-order valence-corrected chi connectivity index (χ3v) is 3.83. The lowest BCUT2D eigenvalue weighted by atomic mass is 10.2. The number of hydrogen-bond acceptors (Lipinski definition) is 6. The maximum atomic E-state index is 12.5. The van der Waals surface area contributed by atoms with Gasteiger partial charge in [-0.2, -0.15) is 0 Å². The first-order valence-electron chi connectivity index (χ1n) is 7.52. The smallest absolute Gasteiger partial charge is 0.345 e. The Morgan fingerprint density at radius 2 is 1.72 bits per heavy atom. The molecule has 7 heteroatoms. The molecule has 3 rings (SSSR count). The molecule has 1 heterocycles. The van der Waals surface area contributed by atoms with Crippen LogP contribution in [-0.4, -0.2) is 37.1 Å². The molecule has 0 spiro atoms. The van der Waals surface area contributed by atoms with E-state index in [1.54, 1.807) is 43.1 Å². The third-order valence-electron chi connectivity index (χ3n) is 3.83. The Balaban J connectivity index is 1.94. The number of esters is 1. The molecule has 0 amide bonds. The van der Waals surface area contributed by atoms with Crippen molar-refractivity contribution in [2.45, 2.75) is 0 Å². The van der Waals surface area contributed by atoms with Crippen molar-refractivity contribution in [3.05, 3.63) is 42.0 Å². The number of nitrogens with zero attached hydrogens (tertiary/aromatic N) is 2. The van der Waals surface area contributed by atoms with Gasteiger partial charge in [0.05, 0.1) is 37.8 Å². The van der Waals surface area contributed by atoms with Gasteiger partial charge in [0.1, 0.15) is 5.75 Å². The van der Waals surface area contributed by atoms with Gasteiger partial charge in [-0.3, -0.25) is 4.68 Å². The van der Waals surface area contributed by atoms with Crippen molar-refractivity contribution in [3.63, 3.8) is 0 Å². The van der Waals surface area contributed by atoms with Crippen LogP contribution in [0.5, 0.6) is 23.1 Å². The number of aryl methyl sites for hydroxylation is 1. The summed E-state index contributed by atoms with van der Waals surface area (Å²) >= 11 is 0. The number of methoxy groups -OCH3 is 3. The molecule has 0 bridgehead atoms. The molecular weight excluding hydrogens is 324 g/mol. The normalized spacial score (nSPS) is 10.6. The topological polar surface area (TPSA) is 71.8 Å². The Labute approximate surface area is 144 Å². The average Bonchev–Trinajstić information content (AvgIpc) is 2.95. The largest absolute Gasteiger partial charge is 0.497 e. The van der Waals surface area contributed by atoms with Crippen molar-refractivity contribution in [1.29, 1.82) is 0 Å². The van der Waals surface area contributed by atoms with Gasteiger partial charge in [-0.05, 0) is 36.4 Å². The number of rotatable bonds is 5. The van der Waals surface area contributed by atoms with E-state index >= 15 is 0 Å². The van der Waals surface area contributed by atoms with Crippen LogP contribution in [0.4, 0.5) is 0 Å². The third kappa shape index (κ3) is 3.08. The van der Waals surface area contributed by atoms with Crippen LogP contribution in [0.3, 0.4) is 0 Å². The Kier molecular flexibility index (Phi) is 4.47. The first-order valence-corrected chi connectivity index (χ1v) is 7.52. The standard InChI is InChI=1S/C18H18N2O5/c1-20-14-7-6-12(22-2)10-13(14)17(19-20)25-18(21)11-5-8-15(23-3)16(9-11)24-4/h5-10H,1-4H3. The van der Waals surface area contributed by atoms with Crippen LogP contribution in [0.2, 0.25) is 0 Å². The number of carbonyl (C=O) groups is 1. The fraction of sp³-hybridized carbons (Fsp3) is 0.222. The zero-order chi connectivity index (χ0) is 18.0. The van der Waals surface area contributed by atoms with Crippen LogP contribution in [0, 0.1) is 0 Å². The second-order valence-electron chi connectivity index (χ2n) is 5.27. The van der Waals surface area contributed by atoms with Gasteiger partial charge in [0.15, 0.2) is 11.5 Å². The van der Waals surface area contributed by atoms with Crippen molar-refractivity contribution < 1.29 is 23.7 Å². The molecule has 0 saturated heterocycles. The molecule has 130 valence electrons. The van der Waals surface area contributed by atoms with E-state index in [4.69, 9.17) is 18.9 Å². The minimum Gasteiger partial charge on any atom is -0.497 e. The van der Waals surface area contributed by atoms with Gasteiger partial charge in [0, 0.05) is 7.05 Å². The molecule has 0 aliphatic rings. The summed E-state index contributed by atoms with van der Waals surface area (Å²) in [5.74, 6) is 1.32. The molecule has 0 saturated carbocycles. The van der Waals surface area contributed by atoms with Gasteiger partial charge in [0.2, 0.25) is 5.88 Å². The molecular formula is C18H18N2O5. The first kappa shape index (κ1) is 16.6. The lowest BCUT2D eigenvalue weighted by Gasteiger charge is -2.09. The lowest BCUT2D eigenvalue weighted by molar-refractivity contribution is 0.0728. The summed E-state index contributed by atoms with van der Waals surface area (Å²) in [6, 6.07) is 10.3. The van der Waals surface area contributed by atoms with Crippen molar-refractivity contribution in [2.24, 2.45) is 7.05 Å². The number of fused-ring (bicyclic) bond motifs is 1. The van der Waals surface area contributed by atoms with Crippen LogP contribution in [-0.2, 0) is 7.05 Å². The van der Waals surface area contributed by atoms with Gasteiger partial charge in [-0.25, -0.2) is 4.79 Å². The SMILES string of the molecule is COc1ccc2c(c1)c(OC(=O)c1ccc(OC)c(OC)c1)nn2C. The fourth-order valence-electron chi connectivity index (χ4n) is 2.52. The molecule has 0 N–H and O–H groups in total. The fourth-order valence-corrected chi connectivity index (χ4v) is 2.52. The molecule has 0 atom stereocenters. The second-order valence-corrected chi connectivity index (χ2v) is 5.27. The highest BCUT2D eigenvalue weighted by molar-refractivity contribution is 5.95. The summed E-state index contributed by atoms with van der Waals surface area (Å²) in [5.41, 5.74) is 1.16. The molecule has 0 radical (unpaired) electrons. The Morgan fingerprint density at radius 1 is 0.960 bits per heavy atom. The molecule has 0 fully saturated rings. The van der Waals surface area contributed by atoms with E-state index in [1.165, 1.54) is 14.2 Å². The summed E-state index contributed by atoms with van der Waals surface area (Å²) in [5, 5.41) is 4.96. The number of aromatic nitrogens is 2. The summed E-state index contributed by atoms with van der Waals surface area (Å²) in [4.78, 5) is 12.5. The summed E-state index contributed by atoms with van der Waals surface area (Å²) in [6.07, 6.45) is 0. The minimum atomic E-state index is -0.538. The van der Waals surface area contributed by atoms with Crippen LogP contribution in [0.1, 0.15) is 10.4 Å². The predicted octanol–water partition coefficient (Wildman–Crippen LogP) is 2.82. The minimum absolute atomic E-state index is 0.219. The molecule has 1 aromatic heterocycles. The van der Waals surface area contributed by atoms with Crippen LogP contribution in [0.15, 0.2) is 36.4 Å². The highest BCUT2D eigenvalue weighted by Gasteiger charge is 2.17. The molecule has 0 aliphatic heterocycles. The number of ether oxygens (including phenoxy) is 4. The molecule has 2 aromatic carbocycles. The van der Waals surface area contributed by atoms with Gasteiger partial charge < -0.3 is 18.9 Å². The molecule has 7 nitrogen and oxygen atoms in total. The quantitative estimate of drug-likeness (QED) is 0.664. The van der Waals surface area contributed by atoms with E-state index < -0.39 is 5.97 Å². The van der Waals surface area contributed by atoms with Gasteiger partial charge in [-0.15, -0.1) is 5.10 Å². The Bertz CT molecular complexity index is 933. The van der Waals surface area contributed by atoms with E-state index in [0.717, 1.165) is 5.52 Å². The van der Waals surface area contributed by atoms with Crippen molar-refractivity contribution >= 4 is 16.9 Å². The molecule has 25 heavy (non-hydrogen) atoms. The van der Waals surface area contributed by atoms with Crippen LogP contribution >= 0.6 is 0 Å². The van der Waals surface area contributed by atoms with Gasteiger partial charge >= 0.3 is 5.97 Å². The van der Waals surface area contributed by atoms with Crippen LogP contribution < -0.4 is 18.9 Å². The van der Waals surface area contributed by atoms with Gasteiger partial charge in [0.25, 0.3) is 0 Å². The number of benzene rings is 2. The van der Waals surface area contributed by atoms with Gasteiger partial charge in [-0.1, -0.05) is 0 Å². The zero-order valence-electron chi connectivity index (χ0n) is 14.4. The number of hydrogen-bond donors (Lipinski definition) is 0. The Hall–Kier alpha value is -3.22. The average molecular weight is 342 g/mol. The van der Waals surface area contributed by atoms with Crippen molar-refractivity contribution in [1.82, 2.24) is 9.78 Å². The van der Waals surface area contributed by atoms with Crippen LogP contribution in [0.25, 0.3) is 10.9 Å². The molecule has 0 unspecified atom stereocenters. The summed E-state index contributed by atoms with van der Waals surface area (Å²) in [7, 11) is 6.39.